The van der Waals surface area contributed by atoms with E-state index in [4.69, 9.17) is 10.5 Å². The molecule has 1 aromatic heterocycles. The fourth-order valence-corrected chi connectivity index (χ4v) is 1.08. The van der Waals surface area contributed by atoms with Gasteiger partial charge in [0.2, 0.25) is 5.69 Å². The Kier molecular flexibility index (Phi) is 2.50. The van der Waals surface area contributed by atoms with Crippen LogP contribution in [0.1, 0.15) is 10.5 Å². The van der Waals surface area contributed by atoms with Gasteiger partial charge < -0.3 is 10.5 Å². The van der Waals surface area contributed by atoms with E-state index in [0.29, 0.717) is 0 Å². The van der Waals surface area contributed by atoms with Crippen molar-refractivity contribution in [1.29, 1.82) is 0 Å². The topological polar surface area (TPSA) is 93.9 Å². The van der Waals surface area contributed by atoms with E-state index in [-0.39, 0.29) is 17.3 Å². The molecule has 7 heteroatoms. The van der Waals surface area contributed by atoms with Crippen LogP contribution in [0.3, 0.4) is 0 Å². The zero-order valence-corrected chi connectivity index (χ0v) is 7.98. The molecular formula is C9H7FN4O2. The maximum absolute atomic E-state index is 12.8. The Morgan fingerprint density at radius 3 is 2.88 bits per heavy atom. The number of ether oxygens (including phenoxy) is 1. The van der Waals surface area contributed by atoms with E-state index in [1.165, 1.54) is 18.2 Å². The average Bonchev–Trinajstić information content (AvgIpc) is 2.64. The van der Waals surface area contributed by atoms with Crippen molar-refractivity contribution in [3.63, 3.8) is 0 Å². The summed E-state index contributed by atoms with van der Waals surface area (Å²) in [7, 11) is 0. The highest BCUT2D eigenvalue weighted by molar-refractivity contribution is 5.93. The number of rotatable bonds is 2. The van der Waals surface area contributed by atoms with Crippen molar-refractivity contribution >= 4 is 11.8 Å². The van der Waals surface area contributed by atoms with Crippen molar-refractivity contribution in [3.05, 3.63) is 35.8 Å². The van der Waals surface area contributed by atoms with Gasteiger partial charge in [0.05, 0.1) is 0 Å². The molecule has 16 heavy (non-hydrogen) atoms. The largest absolute Gasteiger partial charge is 0.422 e. The number of carbonyl (C=O) groups excluding carboxylic acids is 1. The Morgan fingerprint density at radius 2 is 2.25 bits per heavy atom. The normalized spacial score (nSPS) is 10.1. The number of nitrogens with zero attached hydrogens (tertiary/aromatic N) is 2. The third-order valence-corrected chi connectivity index (χ3v) is 1.77. The third kappa shape index (κ3) is 1.97. The van der Waals surface area contributed by atoms with E-state index in [2.05, 4.69) is 15.4 Å². The lowest BCUT2D eigenvalue weighted by Gasteiger charge is -2.01. The fourth-order valence-electron chi connectivity index (χ4n) is 1.08. The highest BCUT2D eigenvalue weighted by Crippen LogP contribution is 2.14. The summed E-state index contributed by atoms with van der Waals surface area (Å²) in [4.78, 5) is 11.5. The Morgan fingerprint density at radius 1 is 1.44 bits per heavy atom. The SMILES string of the molecule is Nc1n[nH]nc1C(=O)Oc1cccc(F)c1. The second-order valence-electron chi connectivity index (χ2n) is 2.90. The number of aromatic nitrogens is 3. The van der Waals surface area contributed by atoms with Gasteiger partial charge in [-0.05, 0) is 12.1 Å². The van der Waals surface area contributed by atoms with Crippen molar-refractivity contribution in [2.24, 2.45) is 0 Å². The molecule has 0 bridgehead atoms. The molecular weight excluding hydrogens is 215 g/mol. The van der Waals surface area contributed by atoms with E-state index in [1.807, 2.05) is 0 Å². The van der Waals surface area contributed by atoms with Crippen LogP contribution in [0.4, 0.5) is 10.2 Å². The molecule has 3 N–H and O–H groups in total. The predicted octanol–water partition coefficient (Wildman–Crippen LogP) is 0.745. The average molecular weight is 222 g/mol. The van der Waals surface area contributed by atoms with Gasteiger partial charge in [0.25, 0.3) is 0 Å². The first-order chi connectivity index (χ1) is 7.66. The molecule has 1 heterocycles. The molecule has 0 atom stereocenters. The Bertz CT molecular complexity index is 526. The van der Waals surface area contributed by atoms with E-state index in [0.717, 1.165) is 6.07 Å². The van der Waals surface area contributed by atoms with Gasteiger partial charge in [0, 0.05) is 6.07 Å². The first-order valence-electron chi connectivity index (χ1n) is 4.31. The maximum atomic E-state index is 12.8. The molecule has 0 unspecified atom stereocenters. The van der Waals surface area contributed by atoms with E-state index >= 15 is 0 Å². The van der Waals surface area contributed by atoms with Crippen LogP contribution >= 0.6 is 0 Å². The minimum atomic E-state index is -0.795. The Hall–Kier alpha value is -2.44. The van der Waals surface area contributed by atoms with Gasteiger partial charge in [-0.2, -0.15) is 5.21 Å². The van der Waals surface area contributed by atoms with Gasteiger partial charge in [-0.1, -0.05) is 6.07 Å². The van der Waals surface area contributed by atoms with Gasteiger partial charge in [0.15, 0.2) is 5.82 Å². The second kappa shape index (κ2) is 3.97. The summed E-state index contributed by atoms with van der Waals surface area (Å²) in [6.07, 6.45) is 0. The maximum Gasteiger partial charge on any atom is 0.368 e. The summed E-state index contributed by atoms with van der Waals surface area (Å²) in [5, 5.41) is 9.14. The van der Waals surface area contributed by atoms with E-state index in [1.54, 1.807) is 0 Å². The zero-order valence-electron chi connectivity index (χ0n) is 7.98. The van der Waals surface area contributed by atoms with Crippen molar-refractivity contribution in [1.82, 2.24) is 15.4 Å². The van der Waals surface area contributed by atoms with Gasteiger partial charge in [0.1, 0.15) is 11.6 Å². The number of nitrogen functional groups attached to an aromatic ring is 1. The lowest BCUT2D eigenvalue weighted by atomic mass is 10.3. The quantitative estimate of drug-likeness (QED) is 0.577. The molecule has 6 nitrogen and oxygen atoms in total. The molecule has 2 aromatic rings. The highest BCUT2D eigenvalue weighted by atomic mass is 19.1. The van der Waals surface area contributed by atoms with Crippen LogP contribution in [0.5, 0.6) is 5.75 Å². The molecule has 0 aliphatic carbocycles. The van der Waals surface area contributed by atoms with Crippen LogP contribution in [0.25, 0.3) is 0 Å². The first-order valence-corrected chi connectivity index (χ1v) is 4.31. The minimum Gasteiger partial charge on any atom is -0.422 e. The number of anilines is 1. The first kappa shape index (κ1) is 10.1. The van der Waals surface area contributed by atoms with Crippen molar-refractivity contribution in [3.8, 4) is 5.75 Å². The summed E-state index contributed by atoms with van der Waals surface area (Å²) in [5.74, 6) is -1.29. The van der Waals surface area contributed by atoms with Gasteiger partial charge in [-0.3, -0.25) is 0 Å². The molecule has 0 aliphatic heterocycles. The van der Waals surface area contributed by atoms with Crippen LogP contribution in [0.15, 0.2) is 24.3 Å². The van der Waals surface area contributed by atoms with Gasteiger partial charge in [-0.15, -0.1) is 10.2 Å². The third-order valence-electron chi connectivity index (χ3n) is 1.77. The molecule has 82 valence electrons. The summed E-state index contributed by atoms with van der Waals surface area (Å²) in [5.41, 5.74) is 5.21. The Balaban J connectivity index is 2.17. The molecule has 0 saturated heterocycles. The second-order valence-corrected chi connectivity index (χ2v) is 2.90. The van der Waals surface area contributed by atoms with Crippen LogP contribution in [-0.2, 0) is 0 Å². The number of H-pyrrole nitrogens is 1. The van der Waals surface area contributed by atoms with Crippen LogP contribution in [0.2, 0.25) is 0 Å². The molecule has 2 rings (SSSR count). The van der Waals surface area contributed by atoms with Crippen molar-refractivity contribution in [2.75, 3.05) is 5.73 Å². The van der Waals surface area contributed by atoms with E-state index in [9.17, 15) is 9.18 Å². The number of carbonyl (C=O) groups is 1. The summed E-state index contributed by atoms with van der Waals surface area (Å²) in [6, 6.07) is 5.18. The van der Waals surface area contributed by atoms with Crippen molar-refractivity contribution < 1.29 is 13.9 Å². The summed E-state index contributed by atoms with van der Waals surface area (Å²) < 4.78 is 17.6. The molecule has 0 saturated carbocycles. The Labute approximate surface area is 89.2 Å². The lowest BCUT2D eigenvalue weighted by molar-refractivity contribution is 0.0729. The summed E-state index contributed by atoms with van der Waals surface area (Å²) >= 11 is 0. The number of esters is 1. The minimum absolute atomic E-state index is 0.0681. The molecule has 0 fully saturated rings. The number of aromatic amines is 1. The van der Waals surface area contributed by atoms with Gasteiger partial charge >= 0.3 is 5.97 Å². The number of nitrogens with one attached hydrogen (secondary N) is 1. The number of hydrogen-bond donors (Lipinski definition) is 2. The molecule has 0 aliphatic rings. The lowest BCUT2D eigenvalue weighted by Crippen LogP contribution is -2.11. The van der Waals surface area contributed by atoms with Gasteiger partial charge in [-0.25, -0.2) is 9.18 Å². The highest BCUT2D eigenvalue weighted by Gasteiger charge is 2.16. The predicted molar refractivity (Wildman–Crippen MR) is 52.2 cm³/mol. The van der Waals surface area contributed by atoms with Crippen molar-refractivity contribution in [2.45, 2.75) is 0 Å². The molecule has 1 aromatic carbocycles. The van der Waals surface area contributed by atoms with Crippen LogP contribution < -0.4 is 10.5 Å². The smallest absolute Gasteiger partial charge is 0.368 e. The van der Waals surface area contributed by atoms with Crippen LogP contribution in [-0.4, -0.2) is 21.4 Å². The van der Waals surface area contributed by atoms with E-state index < -0.39 is 11.8 Å². The molecule has 0 amide bonds. The van der Waals surface area contributed by atoms with Crippen LogP contribution in [0, 0.1) is 5.82 Å². The number of nitrogens with two attached hydrogens (primary N) is 1. The molecule has 0 radical (unpaired) electrons. The standard InChI is InChI=1S/C9H7FN4O2/c10-5-2-1-3-6(4-5)16-9(15)7-8(11)13-14-12-7/h1-4H,(H3,11,12,13,14). The molecule has 0 spiro atoms. The number of benzene rings is 1. The fraction of sp³-hybridized carbons (Fsp3) is 0. The monoisotopic (exact) mass is 222 g/mol. The summed E-state index contributed by atoms with van der Waals surface area (Å²) in [6.45, 7) is 0. The number of halogens is 1. The zero-order chi connectivity index (χ0) is 11.5. The number of hydrogen-bond acceptors (Lipinski definition) is 5.